The number of hydrogen-bond donors (Lipinski definition) is 1. The highest BCUT2D eigenvalue weighted by molar-refractivity contribution is 8.13. The van der Waals surface area contributed by atoms with Gasteiger partial charge in [0.25, 0.3) is 0 Å². The lowest BCUT2D eigenvalue weighted by atomic mass is 9.50. The molecule has 5 atom stereocenters. The Balaban J connectivity index is 1.52. The highest BCUT2D eigenvalue weighted by atomic mass is 32.2. The predicted octanol–water partition coefficient (Wildman–Crippen LogP) is 7.71. The third-order valence-corrected chi connectivity index (χ3v) is 10.9. The Morgan fingerprint density at radius 2 is 1.97 bits per heavy atom. The van der Waals surface area contributed by atoms with Crippen LogP contribution in [0.15, 0.2) is 52.2 Å². The molecule has 5 rings (SSSR count). The van der Waals surface area contributed by atoms with Crippen molar-refractivity contribution in [1.29, 1.82) is 0 Å². The van der Waals surface area contributed by atoms with Crippen molar-refractivity contribution >= 4 is 46.1 Å². The van der Waals surface area contributed by atoms with E-state index in [0.29, 0.717) is 30.4 Å². The van der Waals surface area contributed by atoms with Crippen LogP contribution in [0.4, 0.5) is 4.79 Å². The van der Waals surface area contributed by atoms with Gasteiger partial charge in [-0.05, 0) is 102 Å². The number of thiocarbonyl (C=S) groups is 1. The summed E-state index contributed by atoms with van der Waals surface area (Å²) >= 11 is 6.74. The fourth-order valence-corrected chi connectivity index (χ4v) is 8.45. The van der Waals surface area contributed by atoms with E-state index in [0.717, 1.165) is 67.1 Å². The molecule has 1 N–H and O–H groups in total. The molecule has 39 heavy (non-hydrogen) atoms. The molecule has 4 aliphatic carbocycles. The molecule has 0 spiro atoms. The zero-order chi connectivity index (χ0) is 27.8. The number of rotatable bonds is 7. The molecule has 7 heteroatoms. The van der Waals surface area contributed by atoms with E-state index in [-0.39, 0.29) is 17.1 Å². The van der Waals surface area contributed by atoms with Crippen LogP contribution in [0.25, 0.3) is 0 Å². The quantitative estimate of drug-likeness (QED) is 0.158. The van der Waals surface area contributed by atoms with Gasteiger partial charge in [0, 0.05) is 29.9 Å². The fraction of sp³-hybridized carbons (Fsp3) is 0.562. The van der Waals surface area contributed by atoms with Gasteiger partial charge in [-0.3, -0.25) is 4.79 Å². The average molecular weight is 566 g/mol. The van der Waals surface area contributed by atoms with E-state index in [1.807, 2.05) is 25.1 Å². The van der Waals surface area contributed by atoms with Gasteiger partial charge in [-0.25, -0.2) is 4.79 Å². The van der Waals surface area contributed by atoms with Crippen LogP contribution in [-0.2, 0) is 9.63 Å². The predicted molar refractivity (Wildman–Crippen MR) is 161 cm³/mol. The first-order valence-corrected chi connectivity index (χ1v) is 15.8. The Kier molecular flexibility index (Phi) is 8.33. The number of fused-ring (bicyclic) bond motifs is 4. The number of nitrogens with zero attached hydrogens (tertiary/aromatic N) is 1. The minimum atomic E-state index is -0.787. The van der Waals surface area contributed by atoms with Crippen molar-refractivity contribution in [2.45, 2.75) is 90.1 Å². The van der Waals surface area contributed by atoms with Crippen LogP contribution >= 0.6 is 24.0 Å². The Morgan fingerprint density at radius 3 is 2.69 bits per heavy atom. The minimum Gasteiger partial charge on any atom is -0.389 e. The van der Waals surface area contributed by atoms with Crippen LogP contribution < -0.4 is 0 Å². The molecule has 2 fully saturated rings. The lowest BCUT2D eigenvalue weighted by Crippen LogP contribution is -2.52. The van der Waals surface area contributed by atoms with Crippen molar-refractivity contribution in [2.75, 3.05) is 5.75 Å². The maximum atomic E-state index is 12.3. The summed E-state index contributed by atoms with van der Waals surface area (Å²) < 4.78 is 0. The average Bonchev–Trinajstić information content (AvgIpc) is 3.18. The second kappa shape index (κ2) is 11.4. The van der Waals surface area contributed by atoms with E-state index in [9.17, 15) is 14.7 Å². The summed E-state index contributed by atoms with van der Waals surface area (Å²) in [6.45, 7) is 6.29. The highest BCUT2D eigenvalue weighted by Gasteiger charge is 2.62. The van der Waals surface area contributed by atoms with E-state index in [2.05, 4.69) is 31.1 Å². The minimum absolute atomic E-state index is 0.174. The zero-order valence-electron chi connectivity index (χ0n) is 23.2. The Bertz CT molecular complexity index is 1250. The molecule has 1 aromatic rings. The summed E-state index contributed by atoms with van der Waals surface area (Å²) in [4.78, 5) is 29.8. The van der Waals surface area contributed by atoms with Gasteiger partial charge in [-0.2, -0.15) is 0 Å². The van der Waals surface area contributed by atoms with Crippen LogP contribution in [0.5, 0.6) is 0 Å². The largest absolute Gasteiger partial charge is 0.393 e. The number of carbonyl (C=O) groups is 2. The molecular formula is C32H39NO4S2. The number of ketones is 1. The van der Waals surface area contributed by atoms with Crippen molar-refractivity contribution in [3.63, 3.8) is 0 Å². The fourth-order valence-electron chi connectivity index (χ4n) is 7.88. The summed E-state index contributed by atoms with van der Waals surface area (Å²) in [5.74, 6) is 1.90. The van der Waals surface area contributed by atoms with Crippen LogP contribution in [0.2, 0.25) is 0 Å². The van der Waals surface area contributed by atoms with Crippen LogP contribution in [-0.4, -0.2) is 38.6 Å². The van der Waals surface area contributed by atoms with Gasteiger partial charge in [-0.15, -0.1) is 0 Å². The number of oxime groups is 1. The SMILES string of the molecule is CCSC(=O)O/N=C/c1ccc([C@H]2C[C@@]3(C)[C@@H](CC[C@@]3(O)CC(=S)CC)[C@@H]3CCC4=CC(=O)CCC4=C32)cc1. The van der Waals surface area contributed by atoms with Gasteiger partial charge >= 0.3 is 5.30 Å². The molecule has 208 valence electrons. The van der Waals surface area contributed by atoms with Crippen molar-refractivity contribution in [3.05, 3.63) is 58.2 Å². The smallest absolute Gasteiger partial charge is 0.389 e. The molecule has 0 amide bonds. The Morgan fingerprint density at radius 1 is 1.21 bits per heavy atom. The molecule has 0 bridgehead atoms. The van der Waals surface area contributed by atoms with Gasteiger partial charge in [0.1, 0.15) is 0 Å². The summed E-state index contributed by atoms with van der Waals surface area (Å²) in [6, 6.07) is 8.34. The van der Waals surface area contributed by atoms with E-state index in [1.165, 1.54) is 22.3 Å². The Labute approximate surface area is 241 Å². The van der Waals surface area contributed by atoms with Crippen LogP contribution in [0.1, 0.15) is 95.6 Å². The highest BCUT2D eigenvalue weighted by Crippen LogP contribution is 2.67. The third kappa shape index (κ3) is 5.34. The maximum Gasteiger partial charge on any atom is 0.393 e. The molecule has 0 aliphatic heterocycles. The summed E-state index contributed by atoms with van der Waals surface area (Å²) in [6.07, 6.45) is 11.0. The summed E-state index contributed by atoms with van der Waals surface area (Å²) in [7, 11) is 0. The number of allylic oxidation sites excluding steroid dienone is 4. The number of carbonyl (C=O) groups excluding carboxylic acids is 2. The molecular weight excluding hydrogens is 526 g/mol. The number of thioether (sulfide) groups is 1. The van der Waals surface area contributed by atoms with Crippen molar-refractivity contribution in [1.82, 2.24) is 0 Å². The molecule has 4 aliphatic rings. The monoisotopic (exact) mass is 565 g/mol. The lowest BCUT2D eigenvalue weighted by Gasteiger charge is -2.55. The molecule has 2 saturated carbocycles. The normalized spacial score (nSPS) is 31.9. The third-order valence-electron chi connectivity index (χ3n) is 9.87. The van der Waals surface area contributed by atoms with E-state index in [1.54, 1.807) is 6.21 Å². The molecule has 5 nitrogen and oxygen atoms in total. The van der Waals surface area contributed by atoms with Gasteiger partial charge in [0.2, 0.25) is 0 Å². The summed E-state index contributed by atoms with van der Waals surface area (Å²) in [5.41, 5.74) is 5.22. The van der Waals surface area contributed by atoms with Gasteiger partial charge in [-0.1, -0.05) is 68.0 Å². The van der Waals surface area contributed by atoms with Gasteiger partial charge in [0.05, 0.1) is 11.8 Å². The van der Waals surface area contributed by atoms with Crippen molar-refractivity contribution in [2.24, 2.45) is 22.4 Å². The molecule has 0 heterocycles. The van der Waals surface area contributed by atoms with Crippen molar-refractivity contribution < 1.29 is 19.5 Å². The molecule has 1 aromatic carbocycles. The second-order valence-electron chi connectivity index (χ2n) is 11.8. The molecule has 0 radical (unpaired) electrons. The number of hydrogen-bond acceptors (Lipinski definition) is 7. The van der Waals surface area contributed by atoms with E-state index in [4.69, 9.17) is 17.1 Å². The van der Waals surface area contributed by atoms with Gasteiger partial charge in [0.15, 0.2) is 5.78 Å². The molecule has 0 saturated heterocycles. The first-order chi connectivity index (χ1) is 18.7. The van der Waals surface area contributed by atoms with E-state index < -0.39 is 10.9 Å². The molecule has 0 unspecified atom stereocenters. The number of aliphatic hydroxyl groups is 1. The van der Waals surface area contributed by atoms with Crippen LogP contribution in [0.3, 0.4) is 0 Å². The van der Waals surface area contributed by atoms with Gasteiger partial charge < -0.3 is 9.94 Å². The summed E-state index contributed by atoms with van der Waals surface area (Å²) in [5, 5.41) is 15.6. The van der Waals surface area contributed by atoms with E-state index >= 15 is 0 Å². The van der Waals surface area contributed by atoms with Crippen molar-refractivity contribution in [3.8, 4) is 0 Å². The standard InChI is InChI=1S/C32H39NO4S2/c1-4-24(38)17-32(36)15-14-28-26-12-10-22-16-23(34)11-13-25(22)29(26)27(18-31(28,32)3)21-8-6-20(7-9-21)19-33-37-30(35)39-5-2/h6-9,16,19,26-28,36H,4-5,10-15,17-18H2,1-3H3/b33-19+/t26-,27+,28-,31-,32+/m0/s1. The number of benzene rings is 1. The topological polar surface area (TPSA) is 76.0 Å². The molecule has 0 aromatic heterocycles. The maximum absolute atomic E-state index is 12.3. The zero-order valence-corrected chi connectivity index (χ0v) is 24.8. The first kappa shape index (κ1) is 28.4. The first-order valence-electron chi connectivity index (χ1n) is 14.4. The van der Waals surface area contributed by atoms with Crippen LogP contribution in [0, 0.1) is 17.3 Å². The Hall–Kier alpha value is -2.09. The second-order valence-corrected chi connectivity index (χ2v) is 13.6. The lowest BCUT2D eigenvalue weighted by molar-refractivity contribution is -0.114.